The minimum Gasteiger partial charge on any atom is -0.478 e. The second-order valence-corrected chi connectivity index (χ2v) is 7.68. The summed E-state index contributed by atoms with van der Waals surface area (Å²) in [7, 11) is 0. The average Bonchev–Trinajstić information content (AvgIpc) is 2.55. The molecule has 0 aromatic rings. The van der Waals surface area contributed by atoms with Gasteiger partial charge < -0.3 is 20.1 Å². The molecule has 0 unspecified atom stereocenters. The van der Waals surface area contributed by atoms with Gasteiger partial charge in [0.05, 0.1) is 11.7 Å². The molecule has 144 valence electrons. The molecule has 2 rings (SSSR count). The molecule has 0 aliphatic heterocycles. The lowest BCUT2D eigenvalue weighted by Crippen LogP contribution is -2.56. The number of aliphatic hydroxyl groups excluding tert-OH is 1. The maximum atomic E-state index is 12.3. The zero-order chi connectivity index (χ0) is 19.8. The lowest BCUT2D eigenvalue weighted by molar-refractivity contribution is -0.168. The van der Waals surface area contributed by atoms with Crippen LogP contribution in [0.25, 0.3) is 0 Å². The largest absolute Gasteiger partial charge is 0.478 e. The zero-order valence-corrected chi connectivity index (χ0v) is 15.7. The quantitative estimate of drug-likeness (QED) is 0.401. The van der Waals surface area contributed by atoms with E-state index in [1.165, 1.54) is 0 Å². The summed E-state index contributed by atoms with van der Waals surface area (Å²) < 4.78 is 5.59. The van der Waals surface area contributed by atoms with Gasteiger partial charge in [-0.2, -0.15) is 0 Å². The highest BCUT2D eigenvalue weighted by molar-refractivity contribution is 5.89. The predicted octanol–water partition coefficient (Wildman–Crippen LogP) is 2.22. The molecule has 0 spiro atoms. The highest BCUT2D eigenvalue weighted by Gasteiger charge is 2.54. The van der Waals surface area contributed by atoms with Crippen LogP contribution in [0.3, 0.4) is 0 Å². The lowest BCUT2D eigenvalue weighted by atomic mass is 9.57. The van der Waals surface area contributed by atoms with Crippen LogP contribution in [0.15, 0.2) is 35.5 Å². The molecule has 6 nitrogen and oxygen atoms in total. The molecule has 2 aliphatic carbocycles. The summed E-state index contributed by atoms with van der Waals surface area (Å²) in [4.78, 5) is 23.9. The van der Waals surface area contributed by atoms with Gasteiger partial charge >= 0.3 is 11.9 Å². The van der Waals surface area contributed by atoms with Crippen molar-refractivity contribution in [1.82, 2.24) is 0 Å². The summed E-state index contributed by atoms with van der Waals surface area (Å²) in [5.74, 6) is -3.08. The van der Waals surface area contributed by atoms with E-state index < -0.39 is 35.7 Å². The maximum Gasteiger partial charge on any atom is 0.333 e. The first-order valence-corrected chi connectivity index (χ1v) is 8.84. The van der Waals surface area contributed by atoms with Crippen molar-refractivity contribution < 1.29 is 29.6 Å². The molecule has 0 radical (unpaired) electrons. The molecule has 2 aliphatic rings. The Balaban J connectivity index is 2.47. The van der Waals surface area contributed by atoms with E-state index in [0.717, 1.165) is 5.57 Å². The fourth-order valence-corrected chi connectivity index (χ4v) is 4.13. The number of rotatable bonds is 4. The van der Waals surface area contributed by atoms with Gasteiger partial charge in [-0.1, -0.05) is 18.7 Å². The highest BCUT2D eigenvalue weighted by atomic mass is 16.5. The number of fused-ring (bicyclic) bond motifs is 1. The van der Waals surface area contributed by atoms with Gasteiger partial charge in [0.2, 0.25) is 0 Å². The summed E-state index contributed by atoms with van der Waals surface area (Å²) in [6.07, 6.45) is 2.36. The first kappa shape index (κ1) is 20.4. The van der Waals surface area contributed by atoms with Crippen molar-refractivity contribution in [3.63, 3.8) is 0 Å². The van der Waals surface area contributed by atoms with Crippen LogP contribution >= 0.6 is 0 Å². The van der Waals surface area contributed by atoms with Crippen molar-refractivity contribution in [3.8, 4) is 0 Å². The van der Waals surface area contributed by atoms with Crippen LogP contribution in [-0.4, -0.2) is 45.1 Å². The highest BCUT2D eigenvalue weighted by Crippen LogP contribution is 2.50. The number of carboxylic acids is 1. The van der Waals surface area contributed by atoms with Crippen LogP contribution in [0.1, 0.15) is 40.5 Å². The van der Waals surface area contributed by atoms with E-state index in [2.05, 4.69) is 6.58 Å². The molecule has 3 N–H and O–H groups in total. The number of carbonyl (C=O) groups excluding carboxylic acids is 1. The van der Waals surface area contributed by atoms with Crippen molar-refractivity contribution in [2.24, 2.45) is 17.8 Å². The van der Waals surface area contributed by atoms with Crippen LogP contribution in [-0.2, 0) is 14.3 Å². The lowest BCUT2D eigenvalue weighted by Gasteiger charge is -2.51. The van der Waals surface area contributed by atoms with Gasteiger partial charge in [0.1, 0.15) is 6.10 Å². The maximum absolute atomic E-state index is 12.3. The molecule has 0 bridgehead atoms. The van der Waals surface area contributed by atoms with E-state index in [0.29, 0.717) is 12.0 Å². The average molecular weight is 364 g/mol. The van der Waals surface area contributed by atoms with Gasteiger partial charge in [-0.25, -0.2) is 9.59 Å². The third-order valence-corrected chi connectivity index (χ3v) is 5.84. The number of aliphatic hydroxyl groups is 2. The van der Waals surface area contributed by atoms with Gasteiger partial charge in [0.25, 0.3) is 0 Å². The molecule has 1 fully saturated rings. The monoisotopic (exact) mass is 364 g/mol. The van der Waals surface area contributed by atoms with Crippen molar-refractivity contribution in [2.45, 2.75) is 58.3 Å². The van der Waals surface area contributed by atoms with Gasteiger partial charge in [0.15, 0.2) is 0 Å². The molecule has 6 heteroatoms. The number of carbonyl (C=O) groups is 2. The number of ether oxygens (including phenoxy) is 1. The number of hydrogen-bond acceptors (Lipinski definition) is 5. The molecular weight excluding hydrogens is 336 g/mol. The van der Waals surface area contributed by atoms with Crippen molar-refractivity contribution in [3.05, 3.63) is 35.5 Å². The SMILES string of the molecule is C=C(C(=O)O)[C@H]1[C@@H]2C=C(C)[C@@H](O)C[C@H]2[C@](C)(O)C[C@@H]1OC(=O)/C(C)=C\C. The topological polar surface area (TPSA) is 104 Å². The number of hydrogen-bond donors (Lipinski definition) is 3. The first-order valence-electron chi connectivity index (χ1n) is 8.84. The Morgan fingerprint density at radius 1 is 1.42 bits per heavy atom. The summed E-state index contributed by atoms with van der Waals surface area (Å²) >= 11 is 0. The molecular formula is C20H28O6. The Morgan fingerprint density at radius 3 is 2.58 bits per heavy atom. The molecule has 0 aromatic carbocycles. The van der Waals surface area contributed by atoms with E-state index in [9.17, 15) is 24.9 Å². The Morgan fingerprint density at radius 2 is 2.04 bits per heavy atom. The minimum atomic E-state index is -1.20. The van der Waals surface area contributed by atoms with Crippen LogP contribution in [0, 0.1) is 17.8 Å². The number of esters is 1. The molecule has 0 heterocycles. The molecule has 0 amide bonds. The Bertz CT molecular complexity index is 672. The van der Waals surface area contributed by atoms with Crippen LogP contribution in [0.4, 0.5) is 0 Å². The minimum absolute atomic E-state index is 0.0492. The van der Waals surface area contributed by atoms with Gasteiger partial charge in [0, 0.05) is 23.5 Å². The molecule has 26 heavy (non-hydrogen) atoms. The van der Waals surface area contributed by atoms with Gasteiger partial charge in [-0.3, -0.25) is 0 Å². The van der Waals surface area contributed by atoms with Gasteiger partial charge in [-0.15, -0.1) is 0 Å². The molecule has 0 saturated heterocycles. The summed E-state index contributed by atoms with van der Waals surface area (Å²) in [6.45, 7) is 10.5. The molecule has 6 atom stereocenters. The zero-order valence-electron chi connectivity index (χ0n) is 15.7. The van der Waals surface area contributed by atoms with E-state index >= 15 is 0 Å². The number of aliphatic carboxylic acids is 1. The third kappa shape index (κ3) is 3.76. The fourth-order valence-electron chi connectivity index (χ4n) is 4.13. The van der Waals surface area contributed by atoms with E-state index in [1.807, 2.05) is 0 Å². The summed E-state index contributed by atoms with van der Waals surface area (Å²) in [6, 6.07) is 0. The van der Waals surface area contributed by atoms with Crippen molar-refractivity contribution in [2.75, 3.05) is 0 Å². The van der Waals surface area contributed by atoms with Crippen molar-refractivity contribution in [1.29, 1.82) is 0 Å². The summed E-state index contributed by atoms with van der Waals surface area (Å²) in [5, 5.41) is 30.7. The molecule has 1 saturated carbocycles. The van der Waals surface area contributed by atoms with E-state index in [4.69, 9.17) is 4.74 Å². The Kier molecular flexibility index (Phi) is 5.78. The van der Waals surface area contributed by atoms with Gasteiger partial charge in [-0.05, 0) is 51.5 Å². The Hall–Kier alpha value is -1.92. The van der Waals surface area contributed by atoms with E-state index in [1.54, 1.807) is 39.8 Å². The van der Waals surface area contributed by atoms with Crippen LogP contribution < -0.4 is 0 Å². The standard InChI is InChI=1S/C20H28O6/c1-6-10(2)19(24)26-16-9-20(5,25)14-8-15(21)11(3)7-13(14)17(16)12(4)18(22)23/h6-7,13-17,21,25H,4,8-9H2,1-3,5H3,(H,22,23)/b10-6-/t13-,14-,15+,16+,17+,20-/m1/s1. The Labute approximate surface area is 153 Å². The van der Waals surface area contributed by atoms with Crippen LogP contribution in [0.2, 0.25) is 0 Å². The first-order chi connectivity index (χ1) is 12.0. The predicted molar refractivity (Wildman–Crippen MR) is 96.2 cm³/mol. The van der Waals surface area contributed by atoms with Crippen molar-refractivity contribution >= 4 is 11.9 Å². The summed E-state index contributed by atoms with van der Waals surface area (Å²) in [5.41, 5.74) is -0.113. The third-order valence-electron chi connectivity index (χ3n) is 5.84. The number of carboxylic acid groups (broad SMARTS) is 1. The second kappa shape index (κ2) is 7.37. The molecule has 0 aromatic heterocycles. The second-order valence-electron chi connectivity index (χ2n) is 7.68. The smallest absolute Gasteiger partial charge is 0.333 e. The normalized spacial score (nSPS) is 37.4. The van der Waals surface area contributed by atoms with E-state index in [-0.39, 0.29) is 23.8 Å². The van der Waals surface area contributed by atoms with Crippen LogP contribution in [0.5, 0.6) is 0 Å². The fraction of sp³-hybridized carbons (Fsp3) is 0.600. The number of allylic oxidation sites excluding steroid dienone is 2.